The van der Waals surface area contributed by atoms with Crippen LogP contribution in [0, 0.1) is 12.8 Å². The van der Waals surface area contributed by atoms with E-state index in [9.17, 15) is 4.79 Å². The van der Waals surface area contributed by atoms with Crippen LogP contribution in [0.15, 0.2) is 18.2 Å². The number of carbonyl (C=O) groups is 1. The molecule has 0 saturated carbocycles. The van der Waals surface area contributed by atoms with Crippen LogP contribution in [0.25, 0.3) is 10.9 Å². The number of ether oxygens (including phenoxy) is 2. The second kappa shape index (κ2) is 8.53. The molecular formula is C22H30N4O3. The molecule has 7 nitrogen and oxygen atoms in total. The van der Waals surface area contributed by atoms with E-state index in [0.29, 0.717) is 6.04 Å². The molecule has 0 radical (unpaired) electrons. The third-order valence-corrected chi connectivity index (χ3v) is 6.41. The second-order valence-electron chi connectivity index (χ2n) is 8.04. The van der Waals surface area contributed by atoms with Gasteiger partial charge in [0, 0.05) is 30.6 Å². The molecule has 0 amide bonds. The molecule has 2 saturated heterocycles. The van der Waals surface area contributed by atoms with Gasteiger partial charge in [0.15, 0.2) is 0 Å². The molecule has 0 atom stereocenters. The molecule has 0 spiro atoms. The molecule has 2 aliphatic rings. The molecule has 0 aliphatic carbocycles. The van der Waals surface area contributed by atoms with Gasteiger partial charge in [0.25, 0.3) is 0 Å². The lowest BCUT2D eigenvalue weighted by Gasteiger charge is -2.41. The number of likely N-dealkylation sites (tertiary alicyclic amines) is 1. The van der Waals surface area contributed by atoms with E-state index in [-0.39, 0.29) is 11.9 Å². The van der Waals surface area contributed by atoms with E-state index in [4.69, 9.17) is 19.4 Å². The van der Waals surface area contributed by atoms with Crippen LogP contribution in [0.4, 0.5) is 5.95 Å². The third-order valence-electron chi connectivity index (χ3n) is 6.41. The molecule has 2 fully saturated rings. The molecule has 1 aromatic carbocycles. The Bertz CT molecular complexity index is 872. The molecule has 156 valence electrons. The highest BCUT2D eigenvalue weighted by Crippen LogP contribution is 2.28. The molecule has 29 heavy (non-hydrogen) atoms. The second-order valence-corrected chi connectivity index (χ2v) is 8.04. The summed E-state index contributed by atoms with van der Waals surface area (Å²) in [5, 5.41) is 1.07. The van der Waals surface area contributed by atoms with Crippen LogP contribution in [-0.4, -0.2) is 67.3 Å². The molecule has 1 aromatic heterocycles. The Balaban J connectivity index is 1.39. The van der Waals surface area contributed by atoms with Gasteiger partial charge in [-0.1, -0.05) is 0 Å². The Morgan fingerprint density at radius 1 is 1.03 bits per heavy atom. The first-order valence-corrected chi connectivity index (χ1v) is 10.5. The highest BCUT2D eigenvalue weighted by Gasteiger charge is 2.31. The van der Waals surface area contributed by atoms with Crippen molar-refractivity contribution in [3.8, 4) is 5.75 Å². The normalized spacial score (nSPS) is 19.5. The number of aromatic nitrogens is 2. The fourth-order valence-corrected chi connectivity index (χ4v) is 4.62. The summed E-state index contributed by atoms with van der Waals surface area (Å²) in [5.74, 6) is 1.64. The van der Waals surface area contributed by atoms with Crippen LogP contribution in [0.2, 0.25) is 0 Å². The number of methoxy groups -OCH3 is 2. The molecule has 2 aliphatic heterocycles. The maximum absolute atomic E-state index is 11.7. The Morgan fingerprint density at radius 3 is 2.41 bits per heavy atom. The van der Waals surface area contributed by atoms with E-state index in [1.807, 2.05) is 25.1 Å². The van der Waals surface area contributed by atoms with E-state index in [1.165, 1.54) is 7.11 Å². The zero-order valence-corrected chi connectivity index (χ0v) is 17.6. The van der Waals surface area contributed by atoms with Crippen molar-refractivity contribution in [2.24, 2.45) is 5.92 Å². The van der Waals surface area contributed by atoms with Crippen LogP contribution in [-0.2, 0) is 9.53 Å². The average molecular weight is 399 g/mol. The summed E-state index contributed by atoms with van der Waals surface area (Å²) in [5.41, 5.74) is 1.93. The minimum atomic E-state index is -0.0556. The van der Waals surface area contributed by atoms with Gasteiger partial charge in [-0.05, 0) is 57.8 Å². The molecule has 0 bridgehead atoms. The van der Waals surface area contributed by atoms with E-state index in [0.717, 1.165) is 80.2 Å². The number of benzene rings is 1. The monoisotopic (exact) mass is 398 g/mol. The summed E-state index contributed by atoms with van der Waals surface area (Å²) in [6.07, 6.45) is 4.01. The summed E-state index contributed by atoms with van der Waals surface area (Å²) < 4.78 is 10.3. The largest absolute Gasteiger partial charge is 0.497 e. The van der Waals surface area contributed by atoms with E-state index >= 15 is 0 Å². The number of aryl methyl sites for hydroxylation is 1. The minimum absolute atomic E-state index is 0.0556. The summed E-state index contributed by atoms with van der Waals surface area (Å²) in [6.45, 7) is 5.91. The number of rotatable bonds is 4. The Labute approximate surface area is 172 Å². The molecule has 0 N–H and O–H groups in total. The van der Waals surface area contributed by atoms with E-state index in [2.05, 4.69) is 9.80 Å². The first kappa shape index (κ1) is 19.9. The van der Waals surface area contributed by atoms with Gasteiger partial charge >= 0.3 is 5.97 Å². The molecule has 3 heterocycles. The quantitative estimate of drug-likeness (QED) is 0.734. The number of carbonyl (C=O) groups excluding carboxylic acids is 1. The van der Waals surface area contributed by atoms with Gasteiger partial charge in [0.1, 0.15) is 5.75 Å². The smallest absolute Gasteiger partial charge is 0.308 e. The predicted octanol–water partition coefficient (Wildman–Crippen LogP) is 2.80. The van der Waals surface area contributed by atoms with Gasteiger partial charge in [0.05, 0.1) is 31.3 Å². The minimum Gasteiger partial charge on any atom is -0.497 e. The Hall–Kier alpha value is -2.41. The van der Waals surface area contributed by atoms with Gasteiger partial charge in [-0.3, -0.25) is 4.79 Å². The number of piperidine rings is 2. The zero-order valence-electron chi connectivity index (χ0n) is 17.6. The maximum Gasteiger partial charge on any atom is 0.308 e. The molecule has 0 unspecified atom stereocenters. The third kappa shape index (κ3) is 4.15. The van der Waals surface area contributed by atoms with Crippen molar-refractivity contribution in [3.63, 3.8) is 0 Å². The van der Waals surface area contributed by atoms with Gasteiger partial charge in [-0.25, -0.2) is 9.97 Å². The van der Waals surface area contributed by atoms with E-state index in [1.54, 1.807) is 7.11 Å². The summed E-state index contributed by atoms with van der Waals surface area (Å²) >= 11 is 0. The Kier molecular flexibility index (Phi) is 5.85. The summed E-state index contributed by atoms with van der Waals surface area (Å²) in [7, 11) is 3.16. The standard InChI is InChI=1S/C22H30N4O3/c1-15-19-5-4-18(28-2)14-20(19)24-22(23-15)26-12-8-17(9-13-26)25-10-6-16(7-11-25)21(27)29-3/h4-5,14,16-17H,6-13H2,1-3H3. The molecule has 7 heteroatoms. The van der Waals surface area contributed by atoms with Gasteiger partial charge in [-0.2, -0.15) is 0 Å². The first-order valence-electron chi connectivity index (χ1n) is 10.5. The van der Waals surface area contributed by atoms with Crippen LogP contribution in [0.3, 0.4) is 0 Å². The van der Waals surface area contributed by atoms with E-state index < -0.39 is 0 Å². The Morgan fingerprint density at radius 2 is 1.76 bits per heavy atom. The number of nitrogens with zero attached hydrogens (tertiary/aromatic N) is 4. The topological polar surface area (TPSA) is 67.8 Å². The van der Waals surface area contributed by atoms with Crippen molar-refractivity contribution in [1.29, 1.82) is 0 Å². The van der Waals surface area contributed by atoms with Crippen molar-refractivity contribution < 1.29 is 14.3 Å². The van der Waals surface area contributed by atoms with Gasteiger partial charge < -0.3 is 19.3 Å². The maximum atomic E-state index is 11.7. The molecule has 2 aromatic rings. The number of esters is 1. The van der Waals surface area contributed by atoms with Crippen LogP contribution < -0.4 is 9.64 Å². The number of hydrogen-bond donors (Lipinski definition) is 0. The fourth-order valence-electron chi connectivity index (χ4n) is 4.62. The van der Waals surface area contributed by atoms with Crippen molar-refractivity contribution in [2.45, 2.75) is 38.6 Å². The van der Waals surface area contributed by atoms with Crippen molar-refractivity contribution >= 4 is 22.8 Å². The molecule has 4 rings (SSSR count). The number of anilines is 1. The highest BCUT2D eigenvalue weighted by molar-refractivity contribution is 5.83. The number of hydrogen-bond acceptors (Lipinski definition) is 7. The van der Waals surface area contributed by atoms with Crippen LogP contribution >= 0.6 is 0 Å². The zero-order chi connectivity index (χ0) is 20.4. The van der Waals surface area contributed by atoms with Gasteiger partial charge in [-0.15, -0.1) is 0 Å². The lowest BCUT2D eigenvalue weighted by molar-refractivity contribution is -0.147. The highest BCUT2D eigenvalue weighted by atomic mass is 16.5. The predicted molar refractivity (Wildman–Crippen MR) is 112 cm³/mol. The van der Waals surface area contributed by atoms with Crippen LogP contribution in [0.5, 0.6) is 5.75 Å². The average Bonchev–Trinajstić information content (AvgIpc) is 2.78. The molecular weight excluding hydrogens is 368 g/mol. The van der Waals surface area contributed by atoms with Gasteiger partial charge in [0.2, 0.25) is 5.95 Å². The first-order chi connectivity index (χ1) is 14.1. The summed E-state index contributed by atoms with van der Waals surface area (Å²) in [4.78, 5) is 26.2. The fraction of sp³-hybridized carbons (Fsp3) is 0.591. The lowest BCUT2D eigenvalue weighted by Crippen LogP contribution is -2.48. The van der Waals surface area contributed by atoms with Crippen molar-refractivity contribution in [1.82, 2.24) is 14.9 Å². The SMILES string of the molecule is COC(=O)C1CCN(C2CCN(c3nc(C)c4ccc(OC)cc4n3)CC2)CC1. The summed E-state index contributed by atoms with van der Waals surface area (Å²) in [6, 6.07) is 6.53. The number of fused-ring (bicyclic) bond motifs is 1. The van der Waals surface area contributed by atoms with Crippen LogP contribution in [0.1, 0.15) is 31.4 Å². The van der Waals surface area contributed by atoms with Crippen molar-refractivity contribution in [3.05, 3.63) is 23.9 Å². The van der Waals surface area contributed by atoms with Crippen molar-refractivity contribution in [2.75, 3.05) is 45.3 Å². The lowest BCUT2D eigenvalue weighted by atomic mass is 9.93.